The van der Waals surface area contributed by atoms with Crippen molar-refractivity contribution in [2.45, 2.75) is 39.2 Å². The Morgan fingerprint density at radius 2 is 2.30 bits per heavy atom. The number of aryl methyl sites for hydroxylation is 1. The van der Waals surface area contributed by atoms with Crippen molar-refractivity contribution in [2.24, 2.45) is 0 Å². The van der Waals surface area contributed by atoms with Gasteiger partial charge in [0.25, 0.3) is 5.91 Å². The third kappa shape index (κ3) is 3.57. The van der Waals surface area contributed by atoms with Gasteiger partial charge in [-0.3, -0.25) is 4.79 Å². The minimum absolute atomic E-state index is 0.0578. The van der Waals surface area contributed by atoms with E-state index in [1.807, 2.05) is 11.8 Å². The number of halogens is 1. The average Bonchev–Trinajstić information content (AvgIpc) is 2.93. The summed E-state index contributed by atoms with van der Waals surface area (Å²) in [6.07, 6.45) is 3.18. The Kier molecular flexibility index (Phi) is 5.12. The van der Waals surface area contributed by atoms with E-state index >= 15 is 0 Å². The van der Waals surface area contributed by atoms with Crippen molar-refractivity contribution >= 4 is 5.91 Å². The zero-order valence-electron chi connectivity index (χ0n) is 12.3. The smallest absolute Gasteiger partial charge is 0.254 e. The number of nitrogens with one attached hydrogen (secondary N) is 1. The number of rotatable bonds is 5. The Labute approximate surface area is 120 Å². The molecular formula is C16H23FN2O. The summed E-state index contributed by atoms with van der Waals surface area (Å²) in [6.45, 7) is 6.36. The molecule has 1 heterocycles. The molecule has 0 aromatic heterocycles. The molecule has 0 saturated carbocycles. The van der Waals surface area contributed by atoms with Gasteiger partial charge >= 0.3 is 0 Å². The van der Waals surface area contributed by atoms with Crippen LogP contribution in [0, 0.1) is 12.7 Å². The monoisotopic (exact) mass is 278 g/mol. The zero-order chi connectivity index (χ0) is 14.5. The second-order valence-electron chi connectivity index (χ2n) is 5.50. The van der Waals surface area contributed by atoms with Gasteiger partial charge in [-0.2, -0.15) is 0 Å². The predicted molar refractivity (Wildman–Crippen MR) is 78.4 cm³/mol. The van der Waals surface area contributed by atoms with Gasteiger partial charge in [-0.25, -0.2) is 4.39 Å². The Hall–Kier alpha value is -1.42. The first kappa shape index (κ1) is 15.0. The van der Waals surface area contributed by atoms with E-state index < -0.39 is 0 Å². The number of amides is 1. The summed E-state index contributed by atoms with van der Waals surface area (Å²) in [5.41, 5.74) is 1.31. The fourth-order valence-corrected chi connectivity index (χ4v) is 2.72. The lowest BCUT2D eigenvalue weighted by molar-refractivity contribution is 0.0740. The highest BCUT2D eigenvalue weighted by Gasteiger charge is 2.23. The second kappa shape index (κ2) is 6.84. The zero-order valence-corrected chi connectivity index (χ0v) is 12.3. The van der Waals surface area contributed by atoms with Crippen LogP contribution in [-0.2, 0) is 0 Å². The number of carbonyl (C=O) groups is 1. The van der Waals surface area contributed by atoms with Gasteiger partial charge in [0.1, 0.15) is 5.82 Å². The maximum absolute atomic E-state index is 13.4. The molecule has 20 heavy (non-hydrogen) atoms. The fourth-order valence-electron chi connectivity index (χ4n) is 2.72. The highest BCUT2D eigenvalue weighted by Crippen LogP contribution is 2.15. The quantitative estimate of drug-likeness (QED) is 0.898. The summed E-state index contributed by atoms with van der Waals surface area (Å²) >= 11 is 0. The van der Waals surface area contributed by atoms with Crippen LogP contribution in [0.5, 0.6) is 0 Å². The Bertz CT molecular complexity index is 470. The minimum atomic E-state index is -0.352. The average molecular weight is 278 g/mol. The van der Waals surface area contributed by atoms with E-state index in [1.165, 1.54) is 12.1 Å². The topological polar surface area (TPSA) is 32.3 Å². The number of hydrogen-bond donors (Lipinski definition) is 1. The van der Waals surface area contributed by atoms with Gasteiger partial charge in [0.05, 0.1) is 0 Å². The molecule has 1 aliphatic heterocycles. The van der Waals surface area contributed by atoms with Gasteiger partial charge in [-0.05, 0) is 50.4 Å². The highest BCUT2D eigenvalue weighted by molar-refractivity contribution is 5.95. The van der Waals surface area contributed by atoms with E-state index in [9.17, 15) is 9.18 Å². The lowest BCUT2D eigenvalue weighted by Crippen LogP contribution is -2.41. The summed E-state index contributed by atoms with van der Waals surface area (Å²) in [5.74, 6) is -0.410. The van der Waals surface area contributed by atoms with Crippen LogP contribution in [0.1, 0.15) is 42.1 Å². The normalized spacial score (nSPS) is 18.2. The molecule has 0 bridgehead atoms. The van der Waals surface area contributed by atoms with Crippen LogP contribution in [0.15, 0.2) is 18.2 Å². The summed E-state index contributed by atoms with van der Waals surface area (Å²) in [7, 11) is 0. The van der Waals surface area contributed by atoms with E-state index in [-0.39, 0.29) is 11.7 Å². The van der Waals surface area contributed by atoms with E-state index in [4.69, 9.17) is 0 Å². The van der Waals surface area contributed by atoms with Crippen molar-refractivity contribution < 1.29 is 9.18 Å². The van der Waals surface area contributed by atoms with Crippen LogP contribution in [0.3, 0.4) is 0 Å². The van der Waals surface area contributed by atoms with Crippen LogP contribution < -0.4 is 5.32 Å². The molecular weight excluding hydrogens is 255 g/mol. The molecule has 0 aliphatic carbocycles. The predicted octanol–water partition coefficient (Wildman–Crippen LogP) is 2.74. The third-order valence-corrected chi connectivity index (χ3v) is 3.81. The first-order valence-corrected chi connectivity index (χ1v) is 7.40. The van der Waals surface area contributed by atoms with Crippen LogP contribution in [0.4, 0.5) is 4.39 Å². The van der Waals surface area contributed by atoms with Crippen molar-refractivity contribution in [3.05, 3.63) is 35.1 Å². The first-order chi connectivity index (χ1) is 9.61. The second-order valence-corrected chi connectivity index (χ2v) is 5.50. The summed E-state index contributed by atoms with van der Waals surface area (Å²) in [6, 6.07) is 4.79. The SMILES string of the molecule is CCCN(CC1CCCN1)C(=O)c1cc(F)ccc1C. The van der Waals surface area contributed by atoms with Crippen molar-refractivity contribution in [3.8, 4) is 0 Å². The summed E-state index contributed by atoms with van der Waals surface area (Å²) in [4.78, 5) is 14.5. The highest BCUT2D eigenvalue weighted by atomic mass is 19.1. The van der Waals surface area contributed by atoms with Gasteiger partial charge in [-0.1, -0.05) is 13.0 Å². The van der Waals surface area contributed by atoms with E-state index in [2.05, 4.69) is 12.2 Å². The van der Waals surface area contributed by atoms with Crippen LogP contribution in [-0.4, -0.2) is 36.5 Å². The molecule has 2 rings (SSSR count). The van der Waals surface area contributed by atoms with Crippen molar-refractivity contribution in [3.63, 3.8) is 0 Å². The van der Waals surface area contributed by atoms with E-state index in [0.717, 1.165) is 31.4 Å². The molecule has 1 atom stereocenters. The maximum atomic E-state index is 13.4. The van der Waals surface area contributed by atoms with Gasteiger partial charge in [-0.15, -0.1) is 0 Å². The molecule has 110 valence electrons. The maximum Gasteiger partial charge on any atom is 0.254 e. The van der Waals surface area contributed by atoms with Gasteiger partial charge in [0, 0.05) is 24.7 Å². The van der Waals surface area contributed by atoms with Crippen LogP contribution in [0.2, 0.25) is 0 Å². The molecule has 1 aliphatic rings. The molecule has 1 aromatic rings. The summed E-state index contributed by atoms with van der Waals surface area (Å²) < 4.78 is 13.4. The molecule has 1 aromatic carbocycles. The van der Waals surface area contributed by atoms with Gasteiger partial charge in [0.2, 0.25) is 0 Å². The number of benzene rings is 1. The van der Waals surface area contributed by atoms with Crippen LogP contribution in [0.25, 0.3) is 0 Å². The lowest BCUT2D eigenvalue weighted by atomic mass is 10.1. The number of nitrogens with zero attached hydrogens (tertiary/aromatic N) is 1. The van der Waals surface area contributed by atoms with Crippen molar-refractivity contribution in [1.29, 1.82) is 0 Å². The molecule has 0 spiro atoms. The molecule has 0 radical (unpaired) electrons. The molecule has 4 heteroatoms. The van der Waals surface area contributed by atoms with Gasteiger partial charge < -0.3 is 10.2 Å². The first-order valence-electron chi connectivity index (χ1n) is 7.40. The number of carbonyl (C=O) groups excluding carboxylic acids is 1. The van der Waals surface area contributed by atoms with Crippen molar-refractivity contribution in [2.75, 3.05) is 19.6 Å². The molecule has 1 saturated heterocycles. The minimum Gasteiger partial charge on any atom is -0.337 e. The number of hydrogen-bond acceptors (Lipinski definition) is 2. The van der Waals surface area contributed by atoms with Gasteiger partial charge in [0.15, 0.2) is 0 Å². The fraction of sp³-hybridized carbons (Fsp3) is 0.562. The summed E-state index contributed by atoms with van der Waals surface area (Å²) in [5, 5.41) is 3.41. The van der Waals surface area contributed by atoms with Crippen molar-refractivity contribution in [1.82, 2.24) is 10.2 Å². The molecule has 1 N–H and O–H groups in total. The standard InChI is InChI=1S/C16H23FN2O/c1-3-9-19(11-14-5-4-8-18-14)16(20)15-10-13(17)7-6-12(15)2/h6-7,10,14,18H,3-5,8-9,11H2,1-2H3. The van der Waals surface area contributed by atoms with E-state index in [0.29, 0.717) is 24.7 Å². The molecule has 1 fully saturated rings. The Balaban J connectivity index is 2.14. The Morgan fingerprint density at radius 3 is 2.95 bits per heavy atom. The lowest BCUT2D eigenvalue weighted by Gasteiger charge is -2.26. The molecule has 1 amide bonds. The van der Waals surface area contributed by atoms with Crippen LogP contribution >= 0.6 is 0 Å². The largest absolute Gasteiger partial charge is 0.337 e. The molecule has 1 unspecified atom stereocenters. The molecule has 3 nitrogen and oxygen atoms in total. The third-order valence-electron chi connectivity index (χ3n) is 3.81. The Morgan fingerprint density at radius 1 is 1.50 bits per heavy atom. The van der Waals surface area contributed by atoms with E-state index in [1.54, 1.807) is 6.07 Å².